The van der Waals surface area contributed by atoms with Crippen LogP contribution in [0.4, 0.5) is 10.1 Å². The molecule has 1 aliphatic carbocycles. The van der Waals surface area contributed by atoms with E-state index in [-0.39, 0.29) is 17.6 Å². The zero-order valence-electron chi connectivity index (χ0n) is 17.3. The number of piperazine rings is 1. The maximum absolute atomic E-state index is 13.9. The molecule has 0 atom stereocenters. The molecule has 1 aromatic heterocycles. The lowest BCUT2D eigenvalue weighted by molar-refractivity contribution is -0.110. The molecule has 0 unspecified atom stereocenters. The number of amides is 2. The SMILES string of the molecule is Cc1[nH]c2c(c1C(=O)N1CCN(C)CC1)CCCC2=C1C(=O)Nc2ccc(F)cc21. The molecule has 5 rings (SSSR count). The van der Waals surface area contributed by atoms with Crippen LogP contribution in [0.25, 0.3) is 11.1 Å². The van der Waals surface area contributed by atoms with E-state index in [0.29, 0.717) is 23.2 Å². The molecule has 1 fully saturated rings. The first kappa shape index (κ1) is 19.1. The normalized spacial score (nSPS) is 21.4. The second-order valence-corrected chi connectivity index (χ2v) is 8.43. The molecule has 1 aromatic carbocycles. The molecule has 0 radical (unpaired) electrons. The first-order valence-electron chi connectivity index (χ1n) is 10.5. The van der Waals surface area contributed by atoms with Crippen LogP contribution in [-0.2, 0) is 11.2 Å². The molecule has 6 nitrogen and oxygen atoms in total. The van der Waals surface area contributed by atoms with Crippen molar-refractivity contribution in [1.82, 2.24) is 14.8 Å². The van der Waals surface area contributed by atoms with Crippen LogP contribution in [-0.4, -0.2) is 59.8 Å². The Bertz CT molecular complexity index is 1090. The fourth-order valence-corrected chi connectivity index (χ4v) is 4.90. The Morgan fingerprint density at radius 1 is 1.13 bits per heavy atom. The number of anilines is 1. The van der Waals surface area contributed by atoms with E-state index in [1.807, 2.05) is 11.8 Å². The molecular formula is C23H25FN4O2. The highest BCUT2D eigenvalue weighted by molar-refractivity contribution is 6.36. The maximum atomic E-state index is 13.9. The predicted molar refractivity (Wildman–Crippen MR) is 114 cm³/mol. The van der Waals surface area contributed by atoms with Gasteiger partial charge in [-0.25, -0.2) is 4.39 Å². The third-order valence-electron chi connectivity index (χ3n) is 6.48. The summed E-state index contributed by atoms with van der Waals surface area (Å²) in [7, 11) is 2.07. The molecule has 3 heterocycles. The van der Waals surface area contributed by atoms with E-state index in [1.54, 1.807) is 6.07 Å². The molecule has 0 spiro atoms. The summed E-state index contributed by atoms with van der Waals surface area (Å²) in [5, 5.41) is 2.85. The van der Waals surface area contributed by atoms with Gasteiger partial charge in [-0.1, -0.05) is 0 Å². The van der Waals surface area contributed by atoms with Gasteiger partial charge in [0.1, 0.15) is 5.82 Å². The number of aromatic amines is 1. The number of likely N-dealkylation sites (N-methyl/N-ethyl adjacent to an activating group) is 1. The number of rotatable bonds is 1. The van der Waals surface area contributed by atoms with Crippen LogP contribution in [0.15, 0.2) is 18.2 Å². The van der Waals surface area contributed by atoms with Gasteiger partial charge in [0.15, 0.2) is 0 Å². The summed E-state index contributed by atoms with van der Waals surface area (Å²) in [4.78, 5) is 33.7. The molecule has 2 aromatic rings. The quantitative estimate of drug-likeness (QED) is 0.713. The van der Waals surface area contributed by atoms with Gasteiger partial charge in [-0.2, -0.15) is 0 Å². The maximum Gasteiger partial charge on any atom is 0.256 e. The molecule has 1 saturated heterocycles. The van der Waals surface area contributed by atoms with Gasteiger partial charge in [0, 0.05) is 48.8 Å². The van der Waals surface area contributed by atoms with Crippen molar-refractivity contribution in [3.8, 4) is 0 Å². The number of nitrogens with one attached hydrogen (secondary N) is 2. The molecule has 7 heteroatoms. The topological polar surface area (TPSA) is 68.4 Å². The van der Waals surface area contributed by atoms with Crippen molar-refractivity contribution >= 4 is 28.6 Å². The van der Waals surface area contributed by atoms with Crippen molar-refractivity contribution in [3.63, 3.8) is 0 Å². The molecule has 0 bridgehead atoms. The van der Waals surface area contributed by atoms with E-state index in [4.69, 9.17) is 0 Å². The minimum absolute atomic E-state index is 0.0617. The van der Waals surface area contributed by atoms with E-state index in [9.17, 15) is 14.0 Å². The van der Waals surface area contributed by atoms with Gasteiger partial charge in [0.25, 0.3) is 11.8 Å². The van der Waals surface area contributed by atoms with Crippen LogP contribution < -0.4 is 5.32 Å². The van der Waals surface area contributed by atoms with E-state index in [2.05, 4.69) is 22.2 Å². The van der Waals surface area contributed by atoms with Crippen molar-refractivity contribution in [2.45, 2.75) is 26.2 Å². The lowest BCUT2D eigenvalue weighted by Gasteiger charge is -2.32. The summed E-state index contributed by atoms with van der Waals surface area (Å²) in [6.07, 6.45) is 2.36. The summed E-state index contributed by atoms with van der Waals surface area (Å²) in [6, 6.07) is 4.36. The second-order valence-electron chi connectivity index (χ2n) is 8.43. The van der Waals surface area contributed by atoms with E-state index >= 15 is 0 Å². The molecule has 2 amide bonds. The first-order valence-corrected chi connectivity index (χ1v) is 10.5. The number of carbonyl (C=O) groups is 2. The molecular weight excluding hydrogens is 383 g/mol. The summed E-state index contributed by atoms with van der Waals surface area (Å²) in [6.45, 7) is 5.10. The Balaban J connectivity index is 1.60. The van der Waals surface area contributed by atoms with E-state index in [1.165, 1.54) is 12.1 Å². The van der Waals surface area contributed by atoms with Crippen LogP contribution in [0.2, 0.25) is 0 Å². The highest BCUT2D eigenvalue weighted by Crippen LogP contribution is 2.43. The van der Waals surface area contributed by atoms with Crippen LogP contribution in [0.1, 0.15) is 45.7 Å². The van der Waals surface area contributed by atoms with Crippen LogP contribution >= 0.6 is 0 Å². The minimum Gasteiger partial charge on any atom is -0.358 e. The van der Waals surface area contributed by atoms with Crippen molar-refractivity contribution < 1.29 is 14.0 Å². The average molecular weight is 408 g/mol. The standard InChI is InChI=1S/C23H25FN4O2/c1-13-19(23(30)28-10-8-27(2)9-11-28)15-4-3-5-16(21(15)25-13)20-17-12-14(24)6-7-18(17)26-22(20)29/h6-7,12,25H,3-5,8-11H2,1-2H3,(H,26,29). The Hall–Kier alpha value is -2.93. The number of hydrogen-bond donors (Lipinski definition) is 2. The highest BCUT2D eigenvalue weighted by Gasteiger charge is 2.34. The fourth-order valence-electron chi connectivity index (χ4n) is 4.90. The van der Waals surface area contributed by atoms with Gasteiger partial charge in [0.05, 0.1) is 11.1 Å². The van der Waals surface area contributed by atoms with Crippen molar-refractivity contribution in [2.24, 2.45) is 0 Å². The Labute approximate surface area is 174 Å². The number of fused-ring (bicyclic) bond motifs is 2. The Kier molecular flexibility index (Phi) is 4.50. The summed E-state index contributed by atoms with van der Waals surface area (Å²) in [5.74, 6) is -0.516. The molecule has 30 heavy (non-hydrogen) atoms. The molecule has 2 aliphatic heterocycles. The Morgan fingerprint density at radius 3 is 2.67 bits per heavy atom. The lowest BCUT2D eigenvalue weighted by atomic mass is 9.86. The molecule has 156 valence electrons. The smallest absolute Gasteiger partial charge is 0.256 e. The zero-order valence-corrected chi connectivity index (χ0v) is 17.3. The van der Waals surface area contributed by atoms with E-state index in [0.717, 1.165) is 67.1 Å². The Morgan fingerprint density at radius 2 is 1.90 bits per heavy atom. The van der Waals surface area contributed by atoms with Crippen molar-refractivity contribution in [2.75, 3.05) is 38.5 Å². The zero-order chi connectivity index (χ0) is 21.0. The van der Waals surface area contributed by atoms with Gasteiger partial charge in [0.2, 0.25) is 0 Å². The number of carbonyl (C=O) groups excluding carboxylic acids is 2. The predicted octanol–water partition coefficient (Wildman–Crippen LogP) is 3.05. The lowest BCUT2D eigenvalue weighted by Crippen LogP contribution is -2.47. The fraction of sp³-hybridized carbons (Fsp3) is 0.391. The number of allylic oxidation sites excluding steroid dienone is 1. The number of benzene rings is 1. The second kappa shape index (κ2) is 7.09. The van der Waals surface area contributed by atoms with Gasteiger partial charge >= 0.3 is 0 Å². The largest absolute Gasteiger partial charge is 0.358 e. The van der Waals surface area contributed by atoms with Crippen LogP contribution in [0.5, 0.6) is 0 Å². The third kappa shape index (κ3) is 2.96. The van der Waals surface area contributed by atoms with Gasteiger partial charge in [-0.3, -0.25) is 9.59 Å². The molecule has 0 saturated carbocycles. The first-order chi connectivity index (χ1) is 14.4. The minimum atomic E-state index is -0.368. The number of aromatic nitrogens is 1. The number of aryl methyl sites for hydroxylation is 1. The number of halogens is 1. The van der Waals surface area contributed by atoms with Crippen LogP contribution in [0, 0.1) is 12.7 Å². The van der Waals surface area contributed by atoms with Crippen molar-refractivity contribution in [3.05, 3.63) is 52.1 Å². The van der Waals surface area contributed by atoms with Gasteiger partial charge in [-0.05, 0) is 62.6 Å². The van der Waals surface area contributed by atoms with E-state index < -0.39 is 0 Å². The highest BCUT2D eigenvalue weighted by atomic mass is 19.1. The van der Waals surface area contributed by atoms with Gasteiger partial charge < -0.3 is 20.1 Å². The summed E-state index contributed by atoms with van der Waals surface area (Å²) < 4.78 is 13.9. The molecule has 2 N–H and O–H groups in total. The monoisotopic (exact) mass is 408 g/mol. The summed E-state index contributed by atoms with van der Waals surface area (Å²) >= 11 is 0. The number of hydrogen-bond acceptors (Lipinski definition) is 3. The van der Waals surface area contributed by atoms with Crippen molar-refractivity contribution in [1.29, 1.82) is 0 Å². The average Bonchev–Trinajstić information content (AvgIpc) is 3.23. The van der Waals surface area contributed by atoms with Crippen LogP contribution in [0.3, 0.4) is 0 Å². The molecule has 3 aliphatic rings. The summed E-state index contributed by atoms with van der Waals surface area (Å²) in [5.41, 5.74) is 6.05. The number of nitrogens with zero attached hydrogens (tertiary/aromatic N) is 2. The van der Waals surface area contributed by atoms with Gasteiger partial charge in [-0.15, -0.1) is 0 Å². The third-order valence-corrected chi connectivity index (χ3v) is 6.48. The number of H-pyrrole nitrogens is 1.